The summed E-state index contributed by atoms with van der Waals surface area (Å²) >= 11 is 0. The van der Waals surface area contributed by atoms with Crippen molar-refractivity contribution in [2.24, 2.45) is 0 Å². The Morgan fingerprint density at radius 3 is 2.67 bits per heavy atom. The summed E-state index contributed by atoms with van der Waals surface area (Å²) in [5.41, 5.74) is -0.416. The van der Waals surface area contributed by atoms with E-state index in [1.54, 1.807) is 0 Å². The first-order valence-electron chi connectivity index (χ1n) is 6.88. The molecule has 1 amide bonds. The lowest BCUT2D eigenvalue weighted by Gasteiger charge is -2.45. The number of nitrogens with one attached hydrogen (secondary N) is 2. The van der Waals surface area contributed by atoms with Gasteiger partial charge in [0.15, 0.2) is 0 Å². The van der Waals surface area contributed by atoms with Gasteiger partial charge in [-0.3, -0.25) is 4.90 Å². The monoisotopic (exact) mass is 255 g/mol. The summed E-state index contributed by atoms with van der Waals surface area (Å²) in [7, 11) is 0. The minimum atomic E-state index is -0.416. The molecule has 2 fully saturated rings. The Balaban J connectivity index is 1.65. The number of nitrogens with zero attached hydrogens (tertiary/aromatic N) is 1. The molecule has 0 aromatic rings. The first kappa shape index (κ1) is 13.6. The number of rotatable bonds is 2. The molecule has 2 rings (SSSR count). The predicted octanol–water partition coefficient (Wildman–Crippen LogP) is 0.947. The molecule has 0 spiro atoms. The van der Waals surface area contributed by atoms with Gasteiger partial charge in [0.05, 0.1) is 6.04 Å². The van der Waals surface area contributed by atoms with Crippen molar-refractivity contribution in [3.05, 3.63) is 0 Å². The van der Waals surface area contributed by atoms with Crippen LogP contribution in [-0.2, 0) is 4.74 Å². The zero-order valence-corrected chi connectivity index (χ0v) is 11.7. The van der Waals surface area contributed by atoms with Crippen LogP contribution in [0.15, 0.2) is 0 Å². The Morgan fingerprint density at radius 1 is 1.39 bits per heavy atom. The Morgan fingerprint density at radius 2 is 2.11 bits per heavy atom. The standard InChI is InChI=1S/C13H25N3O2/c1-13(2,3)18-12(17)15-10-8-16(9-10)11-5-4-6-14-7-11/h10-11,14H,4-9H2,1-3H3,(H,15,17)/t11-/m0/s1. The van der Waals surface area contributed by atoms with Crippen LogP contribution in [0.5, 0.6) is 0 Å². The molecule has 104 valence electrons. The maximum Gasteiger partial charge on any atom is 0.407 e. The van der Waals surface area contributed by atoms with Gasteiger partial charge in [-0.05, 0) is 40.2 Å². The number of hydrogen-bond donors (Lipinski definition) is 2. The quantitative estimate of drug-likeness (QED) is 0.771. The molecular weight excluding hydrogens is 230 g/mol. The predicted molar refractivity (Wildman–Crippen MR) is 70.6 cm³/mol. The van der Waals surface area contributed by atoms with Crippen molar-refractivity contribution in [1.82, 2.24) is 15.5 Å². The number of likely N-dealkylation sites (tertiary alicyclic amines) is 1. The first-order valence-corrected chi connectivity index (χ1v) is 6.88. The fourth-order valence-corrected chi connectivity index (χ4v) is 2.52. The number of piperidine rings is 1. The van der Waals surface area contributed by atoms with Gasteiger partial charge in [0.1, 0.15) is 5.60 Å². The third-order valence-corrected chi connectivity index (χ3v) is 3.42. The fourth-order valence-electron chi connectivity index (χ4n) is 2.52. The third-order valence-electron chi connectivity index (χ3n) is 3.42. The van der Waals surface area contributed by atoms with Gasteiger partial charge in [-0.25, -0.2) is 4.79 Å². The summed E-state index contributed by atoms with van der Waals surface area (Å²) in [6.07, 6.45) is 2.23. The van der Waals surface area contributed by atoms with E-state index in [9.17, 15) is 4.79 Å². The highest BCUT2D eigenvalue weighted by molar-refractivity contribution is 5.68. The van der Waals surface area contributed by atoms with Crippen LogP contribution in [-0.4, -0.2) is 54.9 Å². The van der Waals surface area contributed by atoms with Gasteiger partial charge >= 0.3 is 6.09 Å². The van der Waals surface area contributed by atoms with Gasteiger partial charge in [0, 0.05) is 25.7 Å². The normalized spacial score (nSPS) is 26.5. The lowest BCUT2D eigenvalue weighted by Crippen LogP contribution is -2.64. The molecule has 2 aliphatic rings. The van der Waals surface area contributed by atoms with E-state index in [4.69, 9.17) is 4.74 Å². The summed E-state index contributed by atoms with van der Waals surface area (Å²) in [6, 6.07) is 0.900. The Hall–Kier alpha value is -0.810. The number of hydrogen-bond acceptors (Lipinski definition) is 4. The number of amides is 1. The number of carbonyl (C=O) groups excluding carboxylic acids is 1. The highest BCUT2D eigenvalue weighted by Gasteiger charge is 2.34. The van der Waals surface area contributed by atoms with E-state index in [2.05, 4.69) is 15.5 Å². The average molecular weight is 255 g/mol. The Bertz CT molecular complexity index is 289. The minimum absolute atomic E-state index is 0.252. The largest absolute Gasteiger partial charge is 0.444 e. The van der Waals surface area contributed by atoms with E-state index in [-0.39, 0.29) is 12.1 Å². The summed E-state index contributed by atoms with van der Waals surface area (Å²) in [4.78, 5) is 14.0. The smallest absolute Gasteiger partial charge is 0.407 e. The molecule has 0 aliphatic carbocycles. The molecule has 5 heteroatoms. The van der Waals surface area contributed by atoms with Gasteiger partial charge in [-0.2, -0.15) is 0 Å². The van der Waals surface area contributed by atoms with Crippen LogP contribution in [0.25, 0.3) is 0 Å². The molecule has 0 unspecified atom stereocenters. The second-order valence-corrected chi connectivity index (χ2v) is 6.30. The fraction of sp³-hybridized carbons (Fsp3) is 0.923. The molecule has 2 N–H and O–H groups in total. The molecule has 2 aliphatic heterocycles. The average Bonchev–Trinajstić information content (AvgIpc) is 2.21. The molecular formula is C13H25N3O2. The van der Waals surface area contributed by atoms with Crippen LogP contribution in [0, 0.1) is 0 Å². The van der Waals surface area contributed by atoms with Gasteiger partial charge < -0.3 is 15.4 Å². The van der Waals surface area contributed by atoms with Crippen LogP contribution in [0.4, 0.5) is 4.79 Å². The molecule has 5 nitrogen and oxygen atoms in total. The van der Waals surface area contributed by atoms with Gasteiger partial charge in [-0.15, -0.1) is 0 Å². The van der Waals surface area contributed by atoms with Crippen LogP contribution >= 0.6 is 0 Å². The minimum Gasteiger partial charge on any atom is -0.444 e. The van der Waals surface area contributed by atoms with Crippen molar-refractivity contribution in [3.8, 4) is 0 Å². The van der Waals surface area contributed by atoms with Crippen LogP contribution in [0.2, 0.25) is 0 Å². The van der Waals surface area contributed by atoms with E-state index < -0.39 is 5.60 Å². The van der Waals surface area contributed by atoms with Crippen molar-refractivity contribution in [3.63, 3.8) is 0 Å². The molecule has 0 saturated carbocycles. The molecule has 2 saturated heterocycles. The highest BCUT2D eigenvalue weighted by atomic mass is 16.6. The third kappa shape index (κ3) is 3.85. The lowest BCUT2D eigenvalue weighted by molar-refractivity contribution is 0.0288. The Kier molecular flexibility index (Phi) is 4.12. The van der Waals surface area contributed by atoms with E-state index in [0.29, 0.717) is 6.04 Å². The zero-order valence-electron chi connectivity index (χ0n) is 11.7. The molecule has 1 atom stereocenters. The van der Waals surface area contributed by atoms with E-state index >= 15 is 0 Å². The van der Waals surface area contributed by atoms with Crippen molar-refractivity contribution >= 4 is 6.09 Å². The highest BCUT2D eigenvalue weighted by Crippen LogP contribution is 2.18. The molecule has 2 heterocycles. The summed E-state index contributed by atoms with van der Waals surface area (Å²) < 4.78 is 5.24. The SMILES string of the molecule is CC(C)(C)OC(=O)NC1CN([C@H]2CCCNC2)C1. The van der Waals surface area contributed by atoms with E-state index in [1.165, 1.54) is 12.8 Å². The van der Waals surface area contributed by atoms with Gasteiger partial charge in [0.2, 0.25) is 0 Å². The summed E-state index contributed by atoms with van der Waals surface area (Å²) in [6.45, 7) is 9.77. The lowest BCUT2D eigenvalue weighted by atomic mass is 9.99. The van der Waals surface area contributed by atoms with Gasteiger partial charge in [-0.1, -0.05) is 0 Å². The van der Waals surface area contributed by atoms with Gasteiger partial charge in [0.25, 0.3) is 0 Å². The van der Waals surface area contributed by atoms with Crippen LogP contribution in [0.3, 0.4) is 0 Å². The zero-order chi connectivity index (χ0) is 13.2. The first-order chi connectivity index (χ1) is 8.44. The molecule has 0 bridgehead atoms. The van der Waals surface area contributed by atoms with E-state index in [1.807, 2.05) is 20.8 Å². The van der Waals surface area contributed by atoms with Crippen molar-refractivity contribution < 1.29 is 9.53 Å². The second-order valence-electron chi connectivity index (χ2n) is 6.30. The second kappa shape index (κ2) is 5.45. The van der Waals surface area contributed by atoms with Crippen molar-refractivity contribution in [1.29, 1.82) is 0 Å². The molecule has 0 radical (unpaired) electrons. The van der Waals surface area contributed by atoms with Crippen LogP contribution in [0.1, 0.15) is 33.6 Å². The van der Waals surface area contributed by atoms with Crippen molar-refractivity contribution in [2.45, 2.75) is 51.3 Å². The number of ether oxygens (including phenoxy) is 1. The molecule has 0 aromatic heterocycles. The summed E-state index contributed by atoms with van der Waals surface area (Å²) in [5, 5.41) is 6.34. The van der Waals surface area contributed by atoms with Crippen LogP contribution < -0.4 is 10.6 Å². The van der Waals surface area contributed by atoms with Crippen molar-refractivity contribution in [2.75, 3.05) is 26.2 Å². The van der Waals surface area contributed by atoms with E-state index in [0.717, 1.165) is 26.2 Å². The molecule has 18 heavy (non-hydrogen) atoms. The maximum absolute atomic E-state index is 11.6. The maximum atomic E-state index is 11.6. The topological polar surface area (TPSA) is 53.6 Å². The Labute approximate surface area is 109 Å². The molecule has 0 aromatic carbocycles. The number of alkyl carbamates (subject to hydrolysis) is 1. The summed E-state index contributed by atoms with van der Waals surface area (Å²) in [5.74, 6) is 0. The number of carbonyl (C=O) groups is 1.